The molecule has 1 atom stereocenters. The summed E-state index contributed by atoms with van der Waals surface area (Å²) in [5.74, 6) is -0.293. The summed E-state index contributed by atoms with van der Waals surface area (Å²) in [7, 11) is 0. The molecule has 0 aliphatic heterocycles. The molecule has 0 amide bonds. The summed E-state index contributed by atoms with van der Waals surface area (Å²) in [6.07, 6.45) is 1.17. The Balaban J connectivity index is 2.19. The van der Waals surface area contributed by atoms with Gasteiger partial charge in [-0.05, 0) is 18.8 Å². The van der Waals surface area contributed by atoms with Crippen molar-refractivity contribution in [2.45, 2.75) is 33.2 Å². The van der Waals surface area contributed by atoms with Crippen molar-refractivity contribution in [2.24, 2.45) is 5.41 Å². The van der Waals surface area contributed by atoms with Gasteiger partial charge in [0, 0.05) is 18.2 Å². The molecule has 0 aromatic carbocycles. The van der Waals surface area contributed by atoms with Gasteiger partial charge in [-0.15, -0.1) is 0 Å². The first kappa shape index (κ1) is 11.2. The Morgan fingerprint density at radius 3 is 2.64 bits per heavy atom. The van der Waals surface area contributed by atoms with Crippen molar-refractivity contribution >= 4 is 5.97 Å². The fourth-order valence-corrected chi connectivity index (χ4v) is 1.37. The lowest BCUT2D eigenvalue weighted by Gasteiger charge is -2.08. The molecule has 1 aliphatic rings. The van der Waals surface area contributed by atoms with Crippen LogP contribution in [0.4, 0.5) is 0 Å². The largest absolute Gasteiger partial charge is 0.463 e. The second-order valence-corrected chi connectivity index (χ2v) is 4.45. The van der Waals surface area contributed by atoms with Gasteiger partial charge in [-0.25, -0.2) is 4.79 Å². The quantitative estimate of drug-likeness (QED) is 0.536. The molecule has 3 nitrogen and oxygen atoms in total. The summed E-state index contributed by atoms with van der Waals surface area (Å²) in [6.45, 7) is 10.8. The summed E-state index contributed by atoms with van der Waals surface area (Å²) < 4.78 is 4.83. The molecule has 0 aromatic rings. The van der Waals surface area contributed by atoms with Gasteiger partial charge in [-0.1, -0.05) is 20.4 Å². The summed E-state index contributed by atoms with van der Waals surface area (Å²) >= 11 is 0. The van der Waals surface area contributed by atoms with Gasteiger partial charge in [0.2, 0.25) is 0 Å². The molecule has 0 radical (unpaired) electrons. The van der Waals surface area contributed by atoms with Crippen molar-refractivity contribution in [1.29, 1.82) is 0 Å². The summed E-state index contributed by atoms with van der Waals surface area (Å²) in [5, 5.41) is 3.29. The van der Waals surface area contributed by atoms with Gasteiger partial charge in [0.05, 0.1) is 6.61 Å². The number of carbonyl (C=O) groups excluding carboxylic acids is 1. The fraction of sp³-hybridized carbons (Fsp3) is 0.727. The highest BCUT2D eigenvalue weighted by atomic mass is 16.5. The first-order valence-corrected chi connectivity index (χ1v) is 5.05. The van der Waals surface area contributed by atoms with Crippen molar-refractivity contribution in [1.82, 2.24) is 5.32 Å². The number of ether oxygens (including phenoxy) is 1. The number of rotatable bonds is 5. The van der Waals surface area contributed by atoms with Gasteiger partial charge < -0.3 is 10.1 Å². The normalized spacial score (nSPS) is 22.9. The minimum Gasteiger partial charge on any atom is -0.463 e. The smallest absolute Gasteiger partial charge is 0.334 e. The van der Waals surface area contributed by atoms with Crippen LogP contribution >= 0.6 is 0 Å². The standard InChI is InChI=1S/C11H19NO2/c1-5-14-10(13)8(2)7-12-9-6-11(9,3)4/h9,12H,2,5-7H2,1,3-4H3. The molecular formula is C11H19NO2. The lowest BCUT2D eigenvalue weighted by molar-refractivity contribution is -0.138. The first-order valence-electron chi connectivity index (χ1n) is 5.05. The summed E-state index contributed by atoms with van der Waals surface area (Å²) in [6, 6.07) is 0.522. The highest BCUT2D eigenvalue weighted by molar-refractivity contribution is 5.88. The van der Waals surface area contributed by atoms with E-state index >= 15 is 0 Å². The van der Waals surface area contributed by atoms with Gasteiger partial charge in [0.25, 0.3) is 0 Å². The molecule has 0 bridgehead atoms. The van der Waals surface area contributed by atoms with Crippen LogP contribution in [0.15, 0.2) is 12.2 Å². The van der Waals surface area contributed by atoms with E-state index in [9.17, 15) is 4.79 Å². The average molecular weight is 197 g/mol. The highest BCUT2D eigenvalue weighted by Crippen LogP contribution is 2.44. The van der Waals surface area contributed by atoms with Gasteiger partial charge in [0.1, 0.15) is 0 Å². The average Bonchev–Trinajstić information content (AvgIpc) is 2.70. The third-order valence-corrected chi connectivity index (χ3v) is 2.64. The van der Waals surface area contributed by atoms with Crippen LogP contribution in [0.5, 0.6) is 0 Å². The molecule has 80 valence electrons. The van der Waals surface area contributed by atoms with E-state index in [1.807, 2.05) is 0 Å². The Morgan fingerprint density at radius 2 is 2.21 bits per heavy atom. The molecule has 1 fully saturated rings. The van der Waals surface area contributed by atoms with Crippen LogP contribution < -0.4 is 5.32 Å². The highest BCUT2D eigenvalue weighted by Gasteiger charge is 2.45. The molecule has 1 N–H and O–H groups in total. The molecule has 1 aliphatic carbocycles. The van der Waals surface area contributed by atoms with E-state index in [2.05, 4.69) is 25.7 Å². The van der Waals surface area contributed by atoms with Crippen LogP contribution in [0.1, 0.15) is 27.2 Å². The Labute approximate surface area is 85.5 Å². The maximum Gasteiger partial charge on any atom is 0.334 e. The molecule has 14 heavy (non-hydrogen) atoms. The summed E-state index contributed by atoms with van der Waals surface area (Å²) in [5.41, 5.74) is 0.893. The van der Waals surface area contributed by atoms with Gasteiger partial charge in [-0.2, -0.15) is 0 Å². The lowest BCUT2D eigenvalue weighted by Crippen LogP contribution is -2.26. The fourth-order valence-electron chi connectivity index (χ4n) is 1.37. The van der Waals surface area contributed by atoms with Crippen molar-refractivity contribution in [3.63, 3.8) is 0 Å². The van der Waals surface area contributed by atoms with Crippen molar-refractivity contribution in [3.05, 3.63) is 12.2 Å². The van der Waals surface area contributed by atoms with Crippen LogP contribution in [0.2, 0.25) is 0 Å². The van der Waals surface area contributed by atoms with Gasteiger partial charge in [-0.3, -0.25) is 0 Å². The van der Waals surface area contributed by atoms with Crippen LogP contribution in [0, 0.1) is 5.41 Å². The maximum absolute atomic E-state index is 11.2. The van der Waals surface area contributed by atoms with Crippen molar-refractivity contribution < 1.29 is 9.53 Å². The number of hydrogen-bond donors (Lipinski definition) is 1. The zero-order chi connectivity index (χ0) is 10.8. The minimum atomic E-state index is -0.293. The predicted octanol–water partition coefficient (Wildman–Crippen LogP) is 1.49. The van der Waals surface area contributed by atoms with E-state index in [-0.39, 0.29) is 5.97 Å². The van der Waals surface area contributed by atoms with Crippen LogP contribution in [0.25, 0.3) is 0 Å². The molecule has 1 rings (SSSR count). The van der Waals surface area contributed by atoms with Gasteiger partial charge in [0.15, 0.2) is 0 Å². The SMILES string of the molecule is C=C(CNC1CC1(C)C)C(=O)OCC. The van der Waals surface area contributed by atoms with E-state index in [0.29, 0.717) is 30.2 Å². The third-order valence-electron chi connectivity index (χ3n) is 2.64. The number of hydrogen-bond acceptors (Lipinski definition) is 3. The molecule has 0 aromatic heterocycles. The molecule has 0 saturated heterocycles. The Morgan fingerprint density at radius 1 is 1.64 bits per heavy atom. The van der Waals surface area contributed by atoms with Crippen LogP contribution in [0.3, 0.4) is 0 Å². The van der Waals surface area contributed by atoms with Crippen molar-refractivity contribution in [3.8, 4) is 0 Å². The lowest BCUT2D eigenvalue weighted by atomic mass is 10.2. The Hall–Kier alpha value is -0.830. The van der Waals surface area contributed by atoms with E-state index < -0.39 is 0 Å². The Kier molecular flexibility index (Phi) is 3.32. The summed E-state index contributed by atoms with van der Waals surface area (Å²) in [4.78, 5) is 11.2. The zero-order valence-corrected chi connectivity index (χ0v) is 9.22. The molecule has 1 saturated carbocycles. The predicted molar refractivity (Wildman–Crippen MR) is 56.0 cm³/mol. The second kappa shape index (κ2) is 4.13. The van der Waals surface area contributed by atoms with E-state index in [4.69, 9.17) is 4.74 Å². The Bertz CT molecular complexity index is 246. The first-order chi connectivity index (χ1) is 6.47. The molecule has 1 unspecified atom stereocenters. The van der Waals surface area contributed by atoms with E-state index in [0.717, 1.165) is 0 Å². The van der Waals surface area contributed by atoms with E-state index in [1.165, 1.54) is 6.42 Å². The van der Waals surface area contributed by atoms with Gasteiger partial charge >= 0.3 is 5.97 Å². The number of esters is 1. The minimum absolute atomic E-state index is 0.293. The number of carbonyl (C=O) groups is 1. The zero-order valence-electron chi connectivity index (χ0n) is 9.22. The molecular weight excluding hydrogens is 178 g/mol. The third kappa shape index (κ3) is 2.84. The molecule has 0 heterocycles. The number of nitrogens with one attached hydrogen (secondary N) is 1. The maximum atomic E-state index is 11.2. The molecule has 3 heteroatoms. The second-order valence-electron chi connectivity index (χ2n) is 4.45. The van der Waals surface area contributed by atoms with Crippen molar-refractivity contribution in [2.75, 3.05) is 13.2 Å². The van der Waals surface area contributed by atoms with E-state index in [1.54, 1.807) is 6.92 Å². The topological polar surface area (TPSA) is 38.3 Å². The van der Waals surface area contributed by atoms with Crippen LogP contribution in [-0.2, 0) is 9.53 Å². The monoisotopic (exact) mass is 197 g/mol. The molecule has 0 spiro atoms. The van der Waals surface area contributed by atoms with Crippen LogP contribution in [-0.4, -0.2) is 25.2 Å².